The first-order valence-electron chi connectivity index (χ1n) is 8.31. The molecule has 0 saturated heterocycles. The highest BCUT2D eigenvalue weighted by Crippen LogP contribution is 2.28. The van der Waals surface area contributed by atoms with E-state index in [9.17, 15) is 4.79 Å². The van der Waals surface area contributed by atoms with Crippen LogP contribution in [0.1, 0.15) is 35.6 Å². The van der Waals surface area contributed by atoms with Crippen molar-refractivity contribution in [3.05, 3.63) is 77.4 Å². The van der Waals surface area contributed by atoms with Crippen LogP contribution in [0.2, 0.25) is 0 Å². The summed E-state index contributed by atoms with van der Waals surface area (Å²) < 4.78 is 0. The van der Waals surface area contributed by atoms with Crippen LogP contribution in [0, 0.1) is 6.92 Å². The zero-order valence-electron chi connectivity index (χ0n) is 13.9. The molecule has 3 rings (SSSR count). The van der Waals surface area contributed by atoms with Crippen LogP contribution in [0.4, 0.5) is 0 Å². The van der Waals surface area contributed by atoms with Crippen LogP contribution in [0.25, 0.3) is 0 Å². The molecule has 124 valence electrons. The maximum atomic E-state index is 12.3. The van der Waals surface area contributed by atoms with Crippen molar-refractivity contribution in [2.45, 2.75) is 38.1 Å². The van der Waals surface area contributed by atoms with E-state index in [0.29, 0.717) is 18.8 Å². The Morgan fingerprint density at radius 1 is 1.38 bits per heavy atom. The van der Waals surface area contributed by atoms with Crippen LogP contribution in [-0.2, 0) is 11.2 Å². The Bertz CT molecular complexity index is 742. The Morgan fingerprint density at radius 3 is 2.79 bits per heavy atom. The van der Waals surface area contributed by atoms with Crippen molar-refractivity contribution < 1.29 is 4.79 Å². The number of carbonyl (C=O) groups excluding carboxylic acids is 1. The van der Waals surface area contributed by atoms with Crippen molar-refractivity contribution in [2.75, 3.05) is 0 Å². The molecule has 0 aliphatic heterocycles. The van der Waals surface area contributed by atoms with E-state index >= 15 is 0 Å². The fourth-order valence-electron chi connectivity index (χ4n) is 2.93. The molecule has 2 aromatic rings. The van der Waals surface area contributed by atoms with Gasteiger partial charge in [0.05, 0.1) is 18.1 Å². The number of hydrogen-bond acceptors (Lipinski definition) is 3. The molecule has 0 amide bonds. The van der Waals surface area contributed by atoms with Gasteiger partial charge in [-0.3, -0.25) is 4.79 Å². The number of nitrogens with two attached hydrogens (primary N) is 1. The number of aromatic nitrogens is 2. The van der Waals surface area contributed by atoms with Crippen molar-refractivity contribution in [1.82, 2.24) is 9.97 Å². The van der Waals surface area contributed by atoms with Gasteiger partial charge in [0.2, 0.25) is 0 Å². The number of aromatic amines is 1. The molecule has 0 radical (unpaired) electrons. The highest BCUT2D eigenvalue weighted by Gasteiger charge is 2.18. The average Bonchev–Trinajstić information content (AvgIpc) is 3.09. The summed E-state index contributed by atoms with van der Waals surface area (Å²) in [7, 11) is 0. The number of aryl methyl sites for hydroxylation is 1. The lowest BCUT2D eigenvalue weighted by atomic mass is 9.88. The van der Waals surface area contributed by atoms with Crippen molar-refractivity contribution in [3.8, 4) is 0 Å². The quantitative estimate of drug-likeness (QED) is 0.858. The van der Waals surface area contributed by atoms with Gasteiger partial charge in [-0.25, -0.2) is 4.98 Å². The van der Waals surface area contributed by atoms with E-state index in [2.05, 4.69) is 59.4 Å². The van der Waals surface area contributed by atoms with E-state index in [0.717, 1.165) is 17.7 Å². The smallest absolute Gasteiger partial charge is 0.154 e. The van der Waals surface area contributed by atoms with Gasteiger partial charge in [-0.05, 0) is 24.5 Å². The van der Waals surface area contributed by atoms with Crippen molar-refractivity contribution >= 4 is 5.78 Å². The molecule has 3 N–H and O–H groups in total. The van der Waals surface area contributed by atoms with Crippen LogP contribution in [0.5, 0.6) is 0 Å². The number of nitrogens with one attached hydrogen (secondary N) is 1. The number of H-pyrrole nitrogens is 1. The molecule has 0 bridgehead atoms. The standard InChI is InChI=1S/C20H23N3O/c1-14-2-6-16(7-3-14)17-8-4-15(5-9-17)10-20(24)19(21)11-18-12-22-13-23-18/h2-8,12-13,17,19H,9-11,21H2,1H3,(H,22,23)/t17?,19-/m0/s1. The molecule has 4 heteroatoms. The lowest BCUT2D eigenvalue weighted by Crippen LogP contribution is -2.33. The molecule has 0 fully saturated rings. The highest BCUT2D eigenvalue weighted by molar-refractivity contribution is 5.86. The number of imidazole rings is 1. The van der Waals surface area contributed by atoms with Gasteiger partial charge in [-0.15, -0.1) is 0 Å². The summed E-state index contributed by atoms with van der Waals surface area (Å²) >= 11 is 0. The predicted molar refractivity (Wildman–Crippen MR) is 95.7 cm³/mol. The summed E-state index contributed by atoms with van der Waals surface area (Å²) in [5.41, 5.74) is 10.5. The number of rotatable bonds is 6. The summed E-state index contributed by atoms with van der Waals surface area (Å²) in [6, 6.07) is 8.12. The number of ketones is 1. The molecule has 1 aromatic carbocycles. The first-order chi connectivity index (χ1) is 11.6. The Balaban J connectivity index is 1.54. The SMILES string of the molecule is Cc1ccc(C2C=CC(CC(=O)[C@@H](N)Cc3c[nH]cn3)=CC2)cc1. The average molecular weight is 321 g/mol. The fourth-order valence-corrected chi connectivity index (χ4v) is 2.93. The first kappa shape index (κ1) is 16.4. The van der Waals surface area contributed by atoms with Gasteiger partial charge in [0.15, 0.2) is 5.78 Å². The molecule has 24 heavy (non-hydrogen) atoms. The van der Waals surface area contributed by atoms with Gasteiger partial charge in [0, 0.05) is 25.0 Å². The van der Waals surface area contributed by atoms with E-state index < -0.39 is 6.04 Å². The van der Waals surface area contributed by atoms with Gasteiger partial charge in [-0.2, -0.15) is 0 Å². The molecular formula is C20H23N3O. The maximum absolute atomic E-state index is 12.3. The van der Waals surface area contributed by atoms with E-state index in [1.54, 1.807) is 12.5 Å². The number of Topliss-reactive ketones (excluding diaryl/α,β-unsaturated/α-hetero) is 1. The Labute approximate surface area is 142 Å². The molecule has 1 aliphatic carbocycles. The summed E-state index contributed by atoms with van der Waals surface area (Å²) in [5.74, 6) is 0.449. The number of carbonyl (C=O) groups is 1. The van der Waals surface area contributed by atoms with Crippen LogP contribution < -0.4 is 5.73 Å². The second-order valence-corrected chi connectivity index (χ2v) is 6.41. The fraction of sp³-hybridized carbons (Fsp3) is 0.300. The molecule has 4 nitrogen and oxygen atoms in total. The minimum Gasteiger partial charge on any atom is -0.351 e. The van der Waals surface area contributed by atoms with E-state index in [-0.39, 0.29) is 5.78 Å². The van der Waals surface area contributed by atoms with Gasteiger partial charge in [-0.1, -0.05) is 48.1 Å². The van der Waals surface area contributed by atoms with Crippen LogP contribution in [-0.4, -0.2) is 21.8 Å². The summed E-state index contributed by atoms with van der Waals surface area (Å²) in [4.78, 5) is 19.3. The minimum atomic E-state index is -0.502. The lowest BCUT2D eigenvalue weighted by Gasteiger charge is -2.17. The number of allylic oxidation sites excluding steroid dienone is 4. The second-order valence-electron chi connectivity index (χ2n) is 6.41. The molecule has 0 spiro atoms. The largest absolute Gasteiger partial charge is 0.351 e. The summed E-state index contributed by atoms with van der Waals surface area (Å²) in [5, 5.41) is 0. The maximum Gasteiger partial charge on any atom is 0.154 e. The van der Waals surface area contributed by atoms with Crippen LogP contribution in [0.15, 0.2) is 60.6 Å². The van der Waals surface area contributed by atoms with E-state index in [4.69, 9.17) is 5.73 Å². The summed E-state index contributed by atoms with van der Waals surface area (Å²) in [6.45, 7) is 2.09. The third-order valence-corrected chi connectivity index (χ3v) is 4.46. The Kier molecular flexibility index (Phi) is 5.06. The predicted octanol–water partition coefficient (Wildman–Crippen LogP) is 3.22. The van der Waals surface area contributed by atoms with E-state index in [1.807, 2.05) is 0 Å². The van der Waals surface area contributed by atoms with E-state index in [1.165, 1.54) is 11.1 Å². The topological polar surface area (TPSA) is 71.8 Å². The zero-order chi connectivity index (χ0) is 16.9. The van der Waals surface area contributed by atoms with Gasteiger partial charge < -0.3 is 10.7 Å². The Morgan fingerprint density at radius 2 is 2.17 bits per heavy atom. The van der Waals surface area contributed by atoms with Crippen molar-refractivity contribution in [1.29, 1.82) is 0 Å². The van der Waals surface area contributed by atoms with Gasteiger partial charge >= 0.3 is 0 Å². The lowest BCUT2D eigenvalue weighted by molar-refractivity contribution is -0.119. The minimum absolute atomic E-state index is 0.0580. The number of benzene rings is 1. The van der Waals surface area contributed by atoms with Gasteiger partial charge in [0.1, 0.15) is 0 Å². The first-order valence-corrected chi connectivity index (χ1v) is 8.31. The monoisotopic (exact) mass is 321 g/mol. The third-order valence-electron chi connectivity index (χ3n) is 4.46. The molecule has 1 heterocycles. The van der Waals surface area contributed by atoms with Crippen molar-refractivity contribution in [3.63, 3.8) is 0 Å². The molecule has 1 aromatic heterocycles. The molecule has 2 atom stereocenters. The molecule has 0 saturated carbocycles. The Hall–Kier alpha value is -2.46. The van der Waals surface area contributed by atoms with Gasteiger partial charge in [0.25, 0.3) is 0 Å². The summed E-state index contributed by atoms with van der Waals surface area (Å²) in [6.07, 6.45) is 11.6. The molecule has 1 aliphatic rings. The highest BCUT2D eigenvalue weighted by atomic mass is 16.1. The molecule has 1 unspecified atom stereocenters. The van der Waals surface area contributed by atoms with Crippen LogP contribution in [0.3, 0.4) is 0 Å². The number of hydrogen-bond donors (Lipinski definition) is 2. The van der Waals surface area contributed by atoms with Crippen LogP contribution >= 0.6 is 0 Å². The number of nitrogens with zero attached hydrogens (tertiary/aromatic N) is 1. The third kappa shape index (κ3) is 4.09. The molecular weight excluding hydrogens is 298 g/mol. The van der Waals surface area contributed by atoms with Crippen molar-refractivity contribution in [2.24, 2.45) is 5.73 Å². The zero-order valence-corrected chi connectivity index (χ0v) is 13.9. The normalized spacial score (nSPS) is 18.2. The second kappa shape index (κ2) is 7.41.